The largest absolute Gasteiger partial charge is 0.406 e. The van der Waals surface area contributed by atoms with E-state index in [4.69, 9.17) is 10.2 Å². The Morgan fingerprint density at radius 2 is 2.18 bits per heavy atom. The van der Waals surface area contributed by atoms with Crippen LogP contribution in [0.1, 0.15) is 32.7 Å². The molecule has 0 saturated heterocycles. The third-order valence-electron chi connectivity index (χ3n) is 2.59. The van der Waals surface area contributed by atoms with Gasteiger partial charge in [-0.05, 0) is 27.8 Å². The van der Waals surface area contributed by atoms with Crippen molar-refractivity contribution in [1.29, 1.82) is 0 Å². The van der Waals surface area contributed by atoms with Gasteiger partial charge >= 0.3 is 6.01 Å². The fraction of sp³-hybridized carbons (Fsp3) is 0.700. The maximum atomic E-state index is 11.1. The zero-order valence-electron chi connectivity index (χ0n) is 10.6. The number of aromatic nitrogens is 2. The Morgan fingerprint density at radius 3 is 2.71 bits per heavy atom. The molecule has 0 aliphatic heterocycles. The Labute approximate surface area is 100 Å². The van der Waals surface area contributed by atoms with Crippen molar-refractivity contribution in [1.82, 2.24) is 15.5 Å². The summed E-state index contributed by atoms with van der Waals surface area (Å²) in [6.07, 6.45) is 0. The Hall–Kier alpha value is -1.63. The molecule has 7 nitrogen and oxygen atoms in total. The van der Waals surface area contributed by atoms with E-state index in [0.717, 1.165) is 0 Å². The van der Waals surface area contributed by atoms with Crippen molar-refractivity contribution >= 4 is 11.9 Å². The molecule has 17 heavy (non-hydrogen) atoms. The van der Waals surface area contributed by atoms with Crippen LogP contribution in [0.25, 0.3) is 0 Å². The second kappa shape index (κ2) is 5.13. The van der Waals surface area contributed by atoms with Crippen LogP contribution in [0.2, 0.25) is 0 Å². The predicted molar refractivity (Wildman–Crippen MR) is 63.2 cm³/mol. The number of nitrogens with two attached hydrogens (primary N) is 1. The molecule has 0 saturated carbocycles. The zero-order valence-corrected chi connectivity index (χ0v) is 10.6. The molecule has 0 spiro atoms. The van der Waals surface area contributed by atoms with Gasteiger partial charge in [0.25, 0.3) is 0 Å². The number of hydrogen-bond donors (Lipinski definition) is 3. The van der Waals surface area contributed by atoms with Crippen LogP contribution in [0, 0.1) is 5.41 Å². The second-order valence-corrected chi connectivity index (χ2v) is 4.56. The van der Waals surface area contributed by atoms with Crippen molar-refractivity contribution in [3.05, 3.63) is 5.89 Å². The highest BCUT2D eigenvalue weighted by molar-refractivity contribution is 5.80. The minimum absolute atomic E-state index is 0.0119. The van der Waals surface area contributed by atoms with Crippen LogP contribution in [-0.2, 0) is 4.79 Å². The standard InChI is InChI=1S/C10H19N5O2/c1-6(12-4)7-14-15-9(17-7)13-5-10(2,3)8(11)16/h6,12H,5H2,1-4H3,(H2,11,16)(H,13,15). The molecule has 1 rings (SSSR count). The molecule has 1 amide bonds. The lowest BCUT2D eigenvalue weighted by Gasteiger charge is -2.19. The molecule has 7 heteroatoms. The first-order valence-electron chi connectivity index (χ1n) is 5.41. The Kier molecular flexibility index (Phi) is 4.06. The average molecular weight is 241 g/mol. The van der Waals surface area contributed by atoms with Crippen LogP contribution in [0.4, 0.5) is 6.01 Å². The van der Waals surface area contributed by atoms with E-state index < -0.39 is 5.41 Å². The van der Waals surface area contributed by atoms with Crippen LogP contribution in [0.5, 0.6) is 0 Å². The molecule has 0 radical (unpaired) electrons. The number of hydrogen-bond acceptors (Lipinski definition) is 6. The molecule has 0 aromatic carbocycles. The van der Waals surface area contributed by atoms with E-state index in [2.05, 4.69) is 20.8 Å². The molecule has 1 aromatic rings. The van der Waals surface area contributed by atoms with Gasteiger partial charge in [-0.1, -0.05) is 5.10 Å². The van der Waals surface area contributed by atoms with E-state index in [9.17, 15) is 4.79 Å². The Morgan fingerprint density at radius 1 is 1.53 bits per heavy atom. The minimum atomic E-state index is -0.663. The maximum Gasteiger partial charge on any atom is 0.315 e. The molecule has 0 bridgehead atoms. The number of rotatable bonds is 6. The average Bonchev–Trinajstić information content (AvgIpc) is 2.74. The summed E-state index contributed by atoms with van der Waals surface area (Å²) >= 11 is 0. The number of nitrogens with one attached hydrogen (secondary N) is 2. The topological polar surface area (TPSA) is 106 Å². The van der Waals surface area contributed by atoms with Gasteiger partial charge in [-0.3, -0.25) is 4.79 Å². The summed E-state index contributed by atoms with van der Waals surface area (Å²) in [5.41, 5.74) is 4.59. The van der Waals surface area contributed by atoms with Gasteiger partial charge < -0.3 is 20.8 Å². The normalized spacial score (nSPS) is 13.4. The summed E-state index contributed by atoms with van der Waals surface area (Å²) in [5, 5.41) is 13.6. The van der Waals surface area contributed by atoms with Crippen molar-refractivity contribution < 1.29 is 9.21 Å². The molecule has 0 aliphatic rings. The first kappa shape index (κ1) is 13.4. The second-order valence-electron chi connectivity index (χ2n) is 4.56. The van der Waals surface area contributed by atoms with E-state index in [1.165, 1.54) is 0 Å². The molecule has 0 fully saturated rings. The van der Waals surface area contributed by atoms with Crippen molar-refractivity contribution in [2.75, 3.05) is 18.9 Å². The summed E-state index contributed by atoms with van der Waals surface area (Å²) < 4.78 is 5.36. The number of carbonyl (C=O) groups is 1. The first-order valence-corrected chi connectivity index (χ1v) is 5.41. The van der Waals surface area contributed by atoms with Crippen LogP contribution in [-0.4, -0.2) is 29.7 Å². The molecular weight excluding hydrogens is 222 g/mol. The number of carbonyl (C=O) groups excluding carboxylic acids is 1. The summed E-state index contributed by atoms with van der Waals surface area (Å²) in [6.45, 7) is 5.74. The summed E-state index contributed by atoms with van der Waals surface area (Å²) in [5.74, 6) is 0.111. The van der Waals surface area contributed by atoms with Crippen LogP contribution in [0.15, 0.2) is 4.42 Å². The van der Waals surface area contributed by atoms with Gasteiger partial charge in [0.05, 0.1) is 11.5 Å². The number of nitrogens with zero attached hydrogens (tertiary/aromatic N) is 2. The molecule has 96 valence electrons. The zero-order chi connectivity index (χ0) is 13.1. The number of primary amides is 1. The highest BCUT2D eigenvalue weighted by Gasteiger charge is 2.25. The van der Waals surface area contributed by atoms with Gasteiger partial charge in [0.2, 0.25) is 11.8 Å². The van der Waals surface area contributed by atoms with Crippen molar-refractivity contribution in [3.8, 4) is 0 Å². The van der Waals surface area contributed by atoms with Crippen LogP contribution >= 0.6 is 0 Å². The molecule has 1 heterocycles. The smallest absolute Gasteiger partial charge is 0.315 e. The first-order chi connectivity index (χ1) is 7.86. The van der Waals surface area contributed by atoms with E-state index in [-0.39, 0.29) is 18.0 Å². The van der Waals surface area contributed by atoms with Gasteiger partial charge in [-0.25, -0.2) is 0 Å². The highest BCUT2D eigenvalue weighted by atomic mass is 16.4. The lowest BCUT2D eigenvalue weighted by atomic mass is 9.93. The van der Waals surface area contributed by atoms with Crippen LogP contribution in [0.3, 0.4) is 0 Å². The maximum absolute atomic E-state index is 11.1. The van der Waals surface area contributed by atoms with Gasteiger partial charge in [0.15, 0.2) is 0 Å². The molecular formula is C10H19N5O2. The van der Waals surface area contributed by atoms with Crippen molar-refractivity contribution in [3.63, 3.8) is 0 Å². The van der Waals surface area contributed by atoms with E-state index in [1.54, 1.807) is 20.9 Å². The van der Waals surface area contributed by atoms with Gasteiger partial charge in [0, 0.05) is 6.54 Å². The highest BCUT2D eigenvalue weighted by Crippen LogP contribution is 2.17. The quantitative estimate of drug-likeness (QED) is 0.660. The SMILES string of the molecule is CNC(C)c1nnc(NCC(C)(C)C(N)=O)o1. The third kappa shape index (κ3) is 3.42. The Balaban J connectivity index is 2.59. The summed E-state index contributed by atoms with van der Waals surface area (Å²) in [6, 6.07) is 0.277. The van der Waals surface area contributed by atoms with Gasteiger partial charge in [-0.15, -0.1) is 5.10 Å². The molecule has 1 atom stereocenters. The molecule has 1 unspecified atom stereocenters. The minimum Gasteiger partial charge on any atom is -0.406 e. The van der Waals surface area contributed by atoms with E-state index in [1.807, 2.05) is 6.92 Å². The van der Waals surface area contributed by atoms with Crippen molar-refractivity contribution in [2.45, 2.75) is 26.8 Å². The van der Waals surface area contributed by atoms with E-state index in [0.29, 0.717) is 12.4 Å². The number of anilines is 1. The lowest BCUT2D eigenvalue weighted by Crippen LogP contribution is -2.37. The lowest BCUT2D eigenvalue weighted by molar-refractivity contribution is -0.125. The molecule has 4 N–H and O–H groups in total. The predicted octanol–water partition coefficient (Wildman–Crippen LogP) is 0.273. The van der Waals surface area contributed by atoms with Crippen LogP contribution < -0.4 is 16.4 Å². The van der Waals surface area contributed by atoms with Gasteiger partial charge in [-0.2, -0.15) is 0 Å². The summed E-state index contributed by atoms with van der Waals surface area (Å²) in [7, 11) is 1.80. The summed E-state index contributed by atoms with van der Waals surface area (Å²) in [4.78, 5) is 11.1. The van der Waals surface area contributed by atoms with E-state index >= 15 is 0 Å². The van der Waals surface area contributed by atoms with Crippen molar-refractivity contribution in [2.24, 2.45) is 11.1 Å². The Bertz CT molecular complexity index is 388. The fourth-order valence-corrected chi connectivity index (χ4v) is 0.988. The van der Waals surface area contributed by atoms with Gasteiger partial charge in [0.1, 0.15) is 0 Å². The fourth-order valence-electron chi connectivity index (χ4n) is 0.988. The molecule has 1 aromatic heterocycles. The monoisotopic (exact) mass is 241 g/mol. The third-order valence-corrected chi connectivity index (χ3v) is 2.59. The number of amides is 1. The molecule has 0 aliphatic carbocycles.